The third-order valence-corrected chi connectivity index (χ3v) is 3.96. The summed E-state index contributed by atoms with van der Waals surface area (Å²) in [5.41, 5.74) is 4.40. The SMILES string of the molecule is CCn1ncc(Cl)c1C(NN)c1ccc(Br)cc1Cl. The van der Waals surface area contributed by atoms with Crippen LogP contribution in [-0.2, 0) is 6.54 Å². The van der Waals surface area contributed by atoms with Gasteiger partial charge in [-0.1, -0.05) is 45.2 Å². The molecule has 0 aliphatic heterocycles. The zero-order chi connectivity index (χ0) is 14.0. The van der Waals surface area contributed by atoms with Gasteiger partial charge in [0.15, 0.2) is 0 Å². The molecule has 0 fully saturated rings. The molecule has 0 saturated heterocycles. The molecule has 0 radical (unpaired) electrons. The van der Waals surface area contributed by atoms with Gasteiger partial charge in [-0.25, -0.2) is 5.43 Å². The summed E-state index contributed by atoms with van der Waals surface area (Å²) in [6.07, 6.45) is 1.61. The number of hydrazine groups is 1. The van der Waals surface area contributed by atoms with Crippen LogP contribution in [0.25, 0.3) is 0 Å². The van der Waals surface area contributed by atoms with E-state index >= 15 is 0 Å². The summed E-state index contributed by atoms with van der Waals surface area (Å²) in [6, 6.07) is 5.32. The lowest BCUT2D eigenvalue weighted by atomic mass is 10.0. The van der Waals surface area contributed by atoms with Crippen molar-refractivity contribution in [2.45, 2.75) is 19.5 Å². The van der Waals surface area contributed by atoms with E-state index in [0.29, 0.717) is 16.6 Å². The van der Waals surface area contributed by atoms with E-state index in [2.05, 4.69) is 26.5 Å². The van der Waals surface area contributed by atoms with Crippen molar-refractivity contribution in [3.63, 3.8) is 0 Å². The van der Waals surface area contributed by atoms with E-state index in [1.54, 1.807) is 10.9 Å². The average molecular weight is 364 g/mol. The Morgan fingerprint density at radius 2 is 2.16 bits per heavy atom. The minimum atomic E-state index is -0.310. The van der Waals surface area contributed by atoms with Gasteiger partial charge in [-0.15, -0.1) is 0 Å². The van der Waals surface area contributed by atoms with Gasteiger partial charge in [0.05, 0.1) is 23.0 Å². The minimum absolute atomic E-state index is 0.310. The molecule has 1 unspecified atom stereocenters. The predicted molar refractivity (Wildman–Crippen MR) is 81.2 cm³/mol. The molecule has 2 rings (SSSR count). The molecule has 0 aliphatic rings. The maximum absolute atomic E-state index is 6.27. The Morgan fingerprint density at radius 1 is 1.42 bits per heavy atom. The van der Waals surface area contributed by atoms with Crippen molar-refractivity contribution in [3.8, 4) is 0 Å². The molecule has 4 nitrogen and oxygen atoms in total. The van der Waals surface area contributed by atoms with Crippen LogP contribution in [0.4, 0.5) is 0 Å². The van der Waals surface area contributed by atoms with Gasteiger partial charge in [0.2, 0.25) is 0 Å². The van der Waals surface area contributed by atoms with Crippen molar-refractivity contribution in [2.24, 2.45) is 5.84 Å². The molecule has 2 aromatic rings. The predicted octanol–water partition coefficient (Wildman–Crippen LogP) is 3.53. The van der Waals surface area contributed by atoms with Crippen molar-refractivity contribution in [2.75, 3.05) is 0 Å². The van der Waals surface area contributed by atoms with Crippen LogP contribution in [0, 0.1) is 0 Å². The quantitative estimate of drug-likeness (QED) is 0.645. The second kappa shape index (κ2) is 6.24. The number of nitrogens with two attached hydrogens (primary N) is 1. The summed E-state index contributed by atoms with van der Waals surface area (Å²) in [7, 11) is 0. The number of hydrogen-bond donors (Lipinski definition) is 2. The van der Waals surface area contributed by atoms with Crippen molar-refractivity contribution in [3.05, 3.63) is 50.2 Å². The molecule has 1 heterocycles. The minimum Gasteiger partial charge on any atom is -0.271 e. The Kier molecular flexibility index (Phi) is 4.86. The second-order valence-corrected chi connectivity index (χ2v) is 5.69. The van der Waals surface area contributed by atoms with Crippen molar-refractivity contribution >= 4 is 39.1 Å². The highest BCUT2D eigenvalue weighted by Crippen LogP contribution is 2.33. The number of benzene rings is 1. The van der Waals surface area contributed by atoms with Crippen LogP contribution in [0.5, 0.6) is 0 Å². The number of nitrogens with zero attached hydrogens (tertiary/aromatic N) is 2. The fourth-order valence-electron chi connectivity index (χ4n) is 1.96. The number of hydrogen-bond acceptors (Lipinski definition) is 3. The van der Waals surface area contributed by atoms with Crippen LogP contribution in [0.2, 0.25) is 10.0 Å². The zero-order valence-corrected chi connectivity index (χ0v) is 13.3. The molecule has 0 amide bonds. The molecule has 102 valence electrons. The normalized spacial score (nSPS) is 12.7. The maximum atomic E-state index is 6.27. The maximum Gasteiger partial charge on any atom is 0.0907 e. The molecule has 19 heavy (non-hydrogen) atoms. The summed E-state index contributed by atoms with van der Waals surface area (Å²) in [6.45, 7) is 2.69. The van der Waals surface area contributed by atoms with Gasteiger partial charge in [-0.3, -0.25) is 10.5 Å². The topological polar surface area (TPSA) is 55.9 Å². The Bertz CT molecular complexity index is 585. The molecule has 1 aromatic carbocycles. The van der Waals surface area contributed by atoms with Gasteiger partial charge in [-0.05, 0) is 24.6 Å². The van der Waals surface area contributed by atoms with E-state index in [4.69, 9.17) is 29.0 Å². The van der Waals surface area contributed by atoms with E-state index in [9.17, 15) is 0 Å². The van der Waals surface area contributed by atoms with Crippen LogP contribution < -0.4 is 11.3 Å². The average Bonchev–Trinajstić information content (AvgIpc) is 2.74. The van der Waals surface area contributed by atoms with E-state index < -0.39 is 0 Å². The van der Waals surface area contributed by atoms with E-state index in [1.807, 2.05) is 25.1 Å². The van der Waals surface area contributed by atoms with E-state index in [1.165, 1.54) is 0 Å². The Balaban J connectivity index is 2.52. The summed E-state index contributed by atoms with van der Waals surface area (Å²) in [4.78, 5) is 0. The van der Waals surface area contributed by atoms with Gasteiger partial charge >= 0.3 is 0 Å². The fourth-order valence-corrected chi connectivity index (χ4v) is 3.00. The lowest BCUT2D eigenvalue weighted by Gasteiger charge is -2.19. The lowest BCUT2D eigenvalue weighted by Crippen LogP contribution is -2.31. The largest absolute Gasteiger partial charge is 0.271 e. The highest BCUT2D eigenvalue weighted by molar-refractivity contribution is 9.10. The summed E-state index contributed by atoms with van der Waals surface area (Å²) < 4.78 is 2.71. The molecule has 1 aromatic heterocycles. The first-order chi connectivity index (χ1) is 9.08. The van der Waals surface area contributed by atoms with Gasteiger partial charge in [0.1, 0.15) is 0 Å². The Hall–Kier alpha value is -0.590. The second-order valence-electron chi connectivity index (χ2n) is 3.96. The van der Waals surface area contributed by atoms with Crippen molar-refractivity contribution < 1.29 is 0 Å². The standard InChI is InChI=1S/C12H13BrCl2N4/c1-2-19-12(10(15)6-17-19)11(18-16)8-4-3-7(13)5-9(8)14/h3-6,11,18H,2,16H2,1H3. The zero-order valence-electron chi connectivity index (χ0n) is 10.2. The van der Waals surface area contributed by atoms with Crippen LogP contribution in [0.15, 0.2) is 28.9 Å². The summed E-state index contributed by atoms with van der Waals surface area (Å²) >= 11 is 15.8. The van der Waals surface area contributed by atoms with Crippen LogP contribution in [0.1, 0.15) is 24.2 Å². The van der Waals surface area contributed by atoms with Crippen LogP contribution in [0.3, 0.4) is 0 Å². The first-order valence-electron chi connectivity index (χ1n) is 5.70. The molecule has 1 atom stereocenters. The third kappa shape index (κ3) is 2.95. The number of aromatic nitrogens is 2. The molecule has 7 heteroatoms. The number of aryl methyl sites for hydroxylation is 1. The van der Waals surface area contributed by atoms with E-state index in [0.717, 1.165) is 15.7 Å². The van der Waals surface area contributed by atoms with Crippen molar-refractivity contribution in [1.82, 2.24) is 15.2 Å². The molecule has 0 saturated carbocycles. The monoisotopic (exact) mass is 362 g/mol. The van der Waals surface area contributed by atoms with Gasteiger partial charge in [0.25, 0.3) is 0 Å². The smallest absolute Gasteiger partial charge is 0.0907 e. The molecular formula is C12H13BrCl2N4. The van der Waals surface area contributed by atoms with Crippen molar-refractivity contribution in [1.29, 1.82) is 0 Å². The highest BCUT2D eigenvalue weighted by Gasteiger charge is 2.22. The third-order valence-electron chi connectivity index (χ3n) is 2.85. The number of rotatable bonds is 4. The summed E-state index contributed by atoms with van der Waals surface area (Å²) in [5.74, 6) is 5.68. The number of nitrogens with one attached hydrogen (secondary N) is 1. The van der Waals surface area contributed by atoms with E-state index in [-0.39, 0.29) is 6.04 Å². The summed E-state index contributed by atoms with van der Waals surface area (Å²) in [5, 5.41) is 5.38. The van der Waals surface area contributed by atoms with Crippen LogP contribution in [-0.4, -0.2) is 9.78 Å². The molecule has 0 spiro atoms. The van der Waals surface area contributed by atoms with Gasteiger partial charge < -0.3 is 0 Å². The van der Waals surface area contributed by atoms with Gasteiger partial charge in [0, 0.05) is 16.0 Å². The molecule has 3 N–H and O–H groups in total. The van der Waals surface area contributed by atoms with Gasteiger partial charge in [-0.2, -0.15) is 5.10 Å². The van der Waals surface area contributed by atoms with Crippen LogP contribution >= 0.6 is 39.1 Å². The first-order valence-corrected chi connectivity index (χ1v) is 7.25. The highest BCUT2D eigenvalue weighted by atomic mass is 79.9. The number of halogens is 3. The molecule has 0 aliphatic carbocycles. The Morgan fingerprint density at radius 3 is 2.74 bits per heavy atom. The first kappa shape index (κ1) is 14.8. The molecular weight excluding hydrogens is 351 g/mol. The fraction of sp³-hybridized carbons (Fsp3) is 0.250. The Labute approximate surface area is 130 Å². The lowest BCUT2D eigenvalue weighted by molar-refractivity contribution is 0.544. The molecule has 0 bridgehead atoms.